The number of hydrogen-bond acceptors (Lipinski definition) is 8. The highest BCUT2D eigenvalue weighted by Crippen LogP contribution is 2.51. The maximum absolute atomic E-state index is 11.9. The van der Waals surface area contributed by atoms with E-state index in [1.54, 1.807) is 12.1 Å². The van der Waals surface area contributed by atoms with E-state index in [1.165, 1.54) is 36.0 Å². The number of hydrogen-bond donors (Lipinski definition) is 2. The first kappa shape index (κ1) is 39.2. The van der Waals surface area contributed by atoms with Crippen molar-refractivity contribution in [2.75, 3.05) is 19.0 Å². The van der Waals surface area contributed by atoms with Crippen LogP contribution in [-0.4, -0.2) is 55.3 Å². The minimum Gasteiger partial charge on any atom is -0.431 e. The summed E-state index contributed by atoms with van der Waals surface area (Å²) in [5.74, 6) is 0. The lowest BCUT2D eigenvalue weighted by atomic mass is 9.79. The first-order valence-electron chi connectivity index (χ1n) is 19.1. The van der Waals surface area contributed by atoms with Gasteiger partial charge in [0.25, 0.3) is 25.5 Å². The molecule has 0 radical (unpaired) electrons. The largest absolute Gasteiger partial charge is 0.431 e. The van der Waals surface area contributed by atoms with E-state index in [-0.39, 0.29) is 9.79 Å². The number of benzene rings is 5. The van der Waals surface area contributed by atoms with Gasteiger partial charge in [0.1, 0.15) is 12.6 Å². The molecule has 9 rings (SSSR count). The molecule has 13 heteroatoms. The number of rotatable bonds is 7. The summed E-state index contributed by atoms with van der Waals surface area (Å²) in [5.41, 5.74) is 9.37. The second-order valence-corrected chi connectivity index (χ2v) is 20.2. The SMILES string of the molecule is CN1/C(=C/C=C2\CCC(/C=C/C3=[N+](C)c4ccc5cc(S(=O)(=O)O)ccc5c4C3(C)C)=C2Sc2nc3ccccc3o2)C(C)(C)c2c1ccc1cc(S(=O)(=O)O)ccc21. The van der Waals surface area contributed by atoms with Crippen molar-refractivity contribution in [2.24, 2.45) is 0 Å². The van der Waals surface area contributed by atoms with E-state index < -0.39 is 31.1 Å². The summed E-state index contributed by atoms with van der Waals surface area (Å²) in [6.45, 7) is 8.70. The molecule has 0 amide bonds. The number of thioether (sulfide) groups is 1. The van der Waals surface area contributed by atoms with E-state index in [9.17, 15) is 25.9 Å². The van der Waals surface area contributed by atoms with Crippen LogP contribution in [0.4, 0.5) is 11.4 Å². The number of oxazole rings is 1. The quantitative estimate of drug-likeness (QED) is 0.118. The Morgan fingerprint density at radius 1 is 0.780 bits per heavy atom. The van der Waals surface area contributed by atoms with Crippen molar-refractivity contribution in [1.82, 2.24) is 4.98 Å². The molecule has 1 aromatic heterocycles. The molecule has 2 N–H and O–H groups in total. The fourth-order valence-electron chi connectivity index (χ4n) is 9.27. The molecule has 0 bridgehead atoms. The molecule has 2 aliphatic heterocycles. The van der Waals surface area contributed by atoms with Crippen molar-refractivity contribution in [1.29, 1.82) is 0 Å². The summed E-state index contributed by atoms with van der Waals surface area (Å²) in [4.78, 5) is 7.81. The van der Waals surface area contributed by atoms with Gasteiger partial charge in [0.15, 0.2) is 11.3 Å². The molecule has 3 aliphatic rings. The second-order valence-electron chi connectivity index (χ2n) is 16.4. The molecule has 1 aliphatic carbocycles. The van der Waals surface area contributed by atoms with Crippen LogP contribution in [-0.2, 0) is 31.1 Å². The fourth-order valence-corrected chi connectivity index (χ4v) is 11.4. The number of para-hydroxylation sites is 2. The van der Waals surface area contributed by atoms with Crippen molar-refractivity contribution in [3.63, 3.8) is 0 Å². The summed E-state index contributed by atoms with van der Waals surface area (Å²) >= 11 is 1.52. The molecule has 3 heterocycles. The highest BCUT2D eigenvalue weighted by molar-refractivity contribution is 8.03. The number of aromatic nitrogens is 1. The van der Waals surface area contributed by atoms with Crippen molar-refractivity contribution in [3.8, 4) is 0 Å². The highest BCUT2D eigenvalue weighted by atomic mass is 32.2. The van der Waals surface area contributed by atoms with Crippen LogP contribution in [0.25, 0.3) is 32.6 Å². The van der Waals surface area contributed by atoms with Crippen LogP contribution >= 0.6 is 11.8 Å². The van der Waals surface area contributed by atoms with E-state index in [1.807, 2.05) is 48.5 Å². The monoisotopic (exact) mass is 844 g/mol. The van der Waals surface area contributed by atoms with Gasteiger partial charge in [-0.2, -0.15) is 21.4 Å². The molecular formula is C46H42N3O7S3+. The zero-order chi connectivity index (χ0) is 41.8. The predicted octanol–water partition coefficient (Wildman–Crippen LogP) is 10.3. The second kappa shape index (κ2) is 13.6. The zero-order valence-corrected chi connectivity index (χ0v) is 35.8. The van der Waals surface area contributed by atoms with E-state index >= 15 is 0 Å². The molecule has 10 nitrogen and oxygen atoms in total. The highest BCUT2D eigenvalue weighted by Gasteiger charge is 2.44. The molecule has 5 aromatic carbocycles. The molecular weight excluding hydrogens is 803 g/mol. The topological polar surface area (TPSA) is 141 Å². The third kappa shape index (κ3) is 6.47. The van der Waals surface area contributed by atoms with Crippen molar-refractivity contribution in [2.45, 2.75) is 66.4 Å². The molecule has 0 saturated carbocycles. The van der Waals surface area contributed by atoms with Gasteiger partial charge >= 0.3 is 0 Å². The lowest BCUT2D eigenvalue weighted by Crippen LogP contribution is -2.26. The van der Waals surface area contributed by atoms with Gasteiger partial charge in [0, 0.05) is 46.5 Å². The fraction of sp³-hybridized carbons (Fsp3) is 0.217. The van der Waals surface area contributed by atoms with Crippen LogP contribution in [0.2, 0.25) is 0 Å². The van der Waals surface area contributed by atoms with Gasteiger partial charge in [-0.25, -0.2) is 4.98 Å². The molecule has 0 fully saturated rings. The normalized spacial score (nSPS) is 19.2. The summed E-state index contributed by atoms with van der Waals surface area (Å²) in [6, 6.07) is 25.0. The molecule has 6 aromatic rings. The Bertz CT molecular complexity index is 3190. The van der Waals surface area contributed by atoms with Crippen LogP contribution in [0.1, 0.15) is 51.7 Å². The predicted molar refractivity (Wildman–Crippen MR) is 234 cm³/mol. The van der Waals surface area contributed by atoms with Crippen molar-refractivity contribution >= 4 is 81.7 Å². The lowest BCUT2D eigenvalue weighted by Gasteiger charge is -2.24. The van der Waals surface area contributed by atoms with Crippen LogP contribution in [0.5, 0.6) is 0 Å². The Kier molecular flexibility index (Phi) is 9.04. The molecule has 0 spiro atoms. The Morgan fingerprint density at radius 2 is 1.42 bits per heavy atom. The Hall–Kier alpha value is -5.31. The lowest BCUT2D eigenvalue weighted by molar-refractivity contribution is -0.401. The summed E-state index contributed by atoms with van der Waals surface area (Å²) in [6.07, 6.45) is 10.4. The Morgan fingerprint density at radius 3 is 2.08 bits per heavy atom. The van der Waals surface area contributed by atoms with E-state index in [2.05, 4.69) is 75.6 Å². The van der Waals surface area contributed by atoms with Crippen LogP contribution in [0.15, 0.2) is 150 Å². The van der Waals surface area contributed by atoms with E-state index in [0.717, 1.165) is 95.4 Å². The minimum absolute atomic E-state index is 0.132. The van der Waals surface area contributed by atoms with Crippen LogP contribution in [0.3, 0.4) is 0 Å². The zero-order valence-electron chi connectivity index (χ0n) is 33.3. The van der Waals surface area contributed by atoms with E-state index in [4.69, 9.17) is 9.40 Å². The van der Waals surface area contributed by atoms with Gasteiger partial charge in [-0.3, -0.25) is 9.11 Å². The van der Waals surface area contributed by atoms with E-state index in [0.29, 0.717) is 5.22 Å². The molecule has 59 heavy (non-hydrogen) atoms. The summed E-state index contributed by atoms with van der Waals surface area (Å²) in [7, 11) is -4.58. The van der Waals surface area contributed by atoms with Gasteiger partial charge in [-0.15, -0.1) is 0 Å². The third-order valence-electron chi connectivity index (χ3n) is 12.1. The standard InChI is InChI=1S/C46H41N3O7S3/c1-45(2)39(48(5)36-21-13-29-25-31(58(50,51)52)17-19-33(29)41(36)45)23-15-27-11-12-28(43(27)57-44-47-35-9-7-8-10-38(35)56-44)16-24-40-46(3,4)42-34-20-18-32(59(53,54)55)26-30(34)14-22-37(42)49(40)6/h7-10,13-26H,11-12H2,1-6H3,(H-,50,51,52,53,54,55)/p+1. The summed E-state index contributed by atoms with van der Waals surface area (Å²) < 4.78 is 75.5. The van der Waals surface area contributed by atoms with Gasteiger partial charge in [-0.05, 0) is 131 Å². The molecule has 0 unspecified atom stereocenters. The maximum Gasteiger partial charge on any atom is 0.294 e. The molecule has 300 valence electrons. The van der Waals surface area contributed by atoms with Crippen molar-refractivity contribution in [3.05, 3.63) is 142 Å². The first-order valence-corrected chi connectivity index (χ1v) is 22.8. The minimum atomic E-state index is -4.34. The Labute approximate surface area is 347 Å². The smallest absolute Gasteiger partial charge is 0.294 e. The van der Waals surface area contributed by atoms with Gasteiger partial charge < -0.3 is 9.32 Å². The van der Waals surface area contributed by atoms with Crippen LogP contribution < -0.4 is 4.90 Å². The Balaban J connectivity index is 1.11. The number of likely N-dealkylation sites (N-methyl/N-ethyl adjacent to an activating group) is 1. The average molecular weight is 845 g/mol. The first-order chi connectivity index (χ1) is 27.8. The number of anilines is 1. The van der Waals surface area contributed by atoms with Gasteiger partial charge in [0.05, 0.1) is 15.2 Å². The number of allylic oxidation sites excluding steroid dienone is 7. The number of fused-ring (bicyclic) bond motifs is 7. The van der Waals surface area contributed by atoms with Crippen LogP contribution in [0, 0.1) is 0 Å². The maximum atomic E-state index is 11.9. The third-order valence-corrected chi connectivity index (χ3v) is 14.9. The summed E-state index contributed by atoms with van der Waals surface area (Å²) in [5, 5.41) is 3.90. The number of nitrogens with zero attached hydrogens (tertiary/aromatic N) is 3. The molecule has 0 atom stereocenters. The average Bonchev–Trinajstić information content (AvgIpc) is 3.87. The van der Waals surface area contributed by atoms with Crippen molar-refractivity contribution < 1.29 is 34.9 Å². The van der Waals surface area contributed by atoms with Gasteiger partial charge in [0.2, 0.25) is 5.69 Å². The molecule has 0 saturated heterocycles. The van der Waals surface area contributed by atoms with Gasteiger partial charge in [-0.1, -0.05) is 56.3 Å².